The maximum Gasteiger partial charge on any atom is 0.399 e. The molecule has 0 saturated heterocycles. The van der Waals surface area contributed by atoms with Crippen LogP contribution in [0.1, 0.15) is 37.9 Å². The summed E-state index contributed by atoms with van der Waals surface area (Å²) < 4.78 is 11.0. The Morgan fingerprint density at radius 1 is 1.30 bits per heavy atom. The topological polar surface area (TPSA) is 60.2 Å². The molecule has 0 unspecified atom stereocenters. The summed E-state index contributed by atoms with van der Waals surface area (Å²) >= 11 is 0. The van der Waals surface area contributed by atoms with E-state index >= 15 is 0 Å². The molecular weight excluding hydrogens is 254 g/mol. The molecule has 0 saturated carbocycles. The zero-order valence-electron chi connectivity index (χ0n) is 12.4. The molecule has 0 atom stereocenters. The third-order valence-corrected chi connectivity index (χ3v) is 2.83. The lowest BCUT2D eigenvalue weighted by Crippen LogP contribution is -2.21. The molecule has 5 nitrogen and oxygen atoms in total. The van der Waals surface area contributed by atoms with E-state index in [1.54, 1.807) is 6.26 Å². The third kappa shape index (κ3) is 3.81. The molecule has 0 amide bonds. The molecule has 0 fully saturated rings. The largest absolute Gasteiger partial charge is 0.417 e. The van der Waals surface area contributed by atoms with Crippen LogP contribution in [0.15, 0.2) is 22.8 Å². The summed E-state index contributed by atoms with van der Waals surface area (Å²) in [5.74, 6) is 0.698. The molecule has 2 aromatic rings. The molecule has 2 heterocycles. The van der Waals surface area contributed by atoms with Crippen molar-refractivity contribution in [3.63, 3.8) is 0 Å². The van der Waals surface area contributed by atoms with Crippen LogP contribution < -0.4 is 10.1 Å². The van der Waals surface area contributed by atoms with E-state index in [0.717, 1.165) is 23.5 Å². The molecule has 0 spiro atoms. The van der Waals surface area contributed by atoms with Crippen molar-refractivity contribution in [1.82, 2.24) is 15.3 Å². The fraction of sp³-hybridized carbons (Fsp3) is 0.467. The van der Waals surface area contributed by atoms with Crippen LogP contribution in [0.5, 0.6) is 11.8 Å². The maximum atomic E-state index is 5.67. The van der Waals surface area contributed by atoms with Crippen molar-refractivity contribution < 1.29 is 9.15 Å². The van der Waals surface area contributed by atoms with Gasteiger partial charge in [0.25, 0.3) is 0 Å². The molecule has 1 N–H and O–H groups in total. The molecule has 0 bridgehead atoms. The highest BCUT2D eigenvalue weighted by molar-refractivity contribution is 5.31. The number of aryl methyl sites for hydroxylation is 2. The number of aromatic nitrogens is 2. The van der Waals surface area contributed by atoms with E-state index in [-0.39, 0.29) is 6.08 Å². The van der Waals surface area contributed by atoms with E-state index in [0.29, 0.717) is 18.3 Å². The van der Waals surface area contributed by atoms with Crippen molar-refractivity contribution in [1.29, 1.82) is 0 Å². The quantitative estimate of drug-likeness (QED) is 0.877. The van der Waals surface area contributed by atoms with E-state index in [4.69, 9.17) is 9.15 Å². The van der Waals surface area contributed by atoms with Gasteiger partial charge < -0.3 is 14.5 Å². The summed E-state index contributed by atoms with van der Waals surface area (Å²) in [6.07, 6.45) is 2.67. The highest BCUT2D eigenvalue weighted by Crippen LogP contribution is 2.24. The fourth-order valence-electron chi connectivity index (χ4n) is 1.76. The number of nitrogens with one attached hydrogen (secondary N) is 1. The van der Waals surface area contributed by atoms with Crippen LogP contribution in [-0.4, -0.2) is 16.0 Å². The van der Waals surface area contributed by atoms with E-state index in [9.17, 15) is 0 Å². The Morgan fingerprint density at radius 3 is 2.80 bits per heavy atom. The second-order valence-electron chi connectivity index (χ2n) is 4.99. The minimum absolute atomic E-state index is 0.255. The van der Waals surface area contributed by atoms with Gasteiger partial charge in [-0.05, 0) is 25.5 Å². The van der Waals surface area contributed by atoms with E-state index in [1.807, 2.05) is 26.0 Å². The standard InChI is InChI=1S/C15H21N3O2/c1-5-13-14(7-6-11(4)17-13)20-15-18-12(9-19-15)8-16-10(2)3/h6-7,9-10,16H,5,8H2,1-4H3. The predicted molar refractivity (Wildman–Crippen MR) is 76.9 cm³/mol. The zero-order valence-corrected chi connectivity index (χ0v) is 12.4. The molecular formula is C15H21N3O2. The van der Waals surface area contributed by atoms with Crippen molar-refractivity contribution >= 4 is 0 Å². The molecule has 0 aromatic carbocycles. The first kappa shape index (κ1) is 14.5. The number of nitrogens with zero attached hydrogens (tertiary/aromatic N) is 2. The van der Waals surface area contributed by atoms with Crippen LogP contribution in [0.25, 0.3) is 0 Å². The lowest BCUT2D eigenvalue weighted by Gasteiger charge is -2.06. The molecule has 5 heteroatoms. The fourth-order valence-corrected chi connectivity index (χ4v) is 1.76. The zero-order chi connectivity index (χ0) is 14.5. The minimum atomic E-state index is 0.255. The van der Waals surface area contributed by atoms with Gasteiger partial charge in [-0.3, -0.25) is 4.98 Å². The number of hydrogen-bond acceptors (Lipinski definition) is 5. The smallest absolute Gasteiger partial charge is 0.399 e. The van der Waals surface area contributed by atoms with E-state index in [1.165, 1.54) is 0 Å². The average Bonchev–Trinajstić information content (AvgIpc) is 2.86. The van der Waals surface area contributed by atoms with Gasteiger partial charge in [0.05, 0.1) is 11.4 Å². The SMILES string of the molecule is CCc1nc(C)ccc1Oc1nc(CNC(C)C)co1. The Hall–Kier alpha value is -1.88. The minimum Gasteiger partial charge on any atom is -0.417 e. The molecule has 2 rings (SSSR count). The van der Waals surface area contributed by atoms with Gasteiger partial charge in [0.1, 0.15) is 6.26 Å². The van der Waals surface area contributed by atoms with Crippen LogP contribution in [-0.2, 0) is 13.0 Å². The number of oxazole rings is 1. The average molecular weight is 275 g/mol. The first-order valence-electron chi connectivity index (χ1n) is 6.90. The Morgan fingerprint density at radius 2 is 2.10 bits per heavy atom. The van der Waals surface area contributed by atoms with Crippen LogP contribution in [0, 0.1) is 6.92 Å². The Bertz CT molecular complexity index is 564. The lowest BCUT2D eigenvalue weighted by atomic mass is 10.2. The monoisotopic (exact) mass is 275 g/mol. The van der Waals surface area contributed by atoms with Crippen molar-refractivity contribution in [2.24, 2.45) is 0 Å². The number of hydrogen-bond donors (Lipinski definition) is 1. The third-order valence-electron chi connectivity index (χ3n) is 2.83. The summed E-state index contributed by atoms with van der Waals surface area (Å²) in [5, 5.41) is 3.28. The van der Waals surface area contributed by atoms with Crippen molar-refractivity contribution in [3.8, 4) is 11.8 Å². The summed E-state index contributed by atoms with van der Waals surface area (Å²) in [6.45, 7) is 8.84. The van der Waals surface area contributed by atoms with E-state index < -0.39 is 0 Å². The van der Waals surface area contributed by atoms with Gasteiger partial charge in [0.2, 0.25) is 0 Å². The second kappa shape index (κ2) is 6.52. The summed E-state index contributed by atoms with van der Waals surface area (Å²) in [4.78, 5) is 8.74. The van der Waals surface area contributed by atoms with Crippen molar-refractivity contribution in [2.75, 3.05) is 0 Å². The van der Waals surface area contributed by atoms with Gasteiger partial charge in [-0.2, -0.15) is 4.98 Å². The molecule has 0 radical (unpaired) electrons. The highest BCUT2D eigenvalue weighted by atomic mass is 16.6. The molecule has 108 valence electrons. The summed E-state index contributed by atoms with van der Waals surface area (Å²) in [5.41, 5.74) is 2.71. The van der Waals surface area contributed by atoms with Crippen LogP contribution in [0.4, 0.5) is 0 Å². The van der Waals surface area contributed by atoms with Gasteiger partial charge in [0, 0.05) is 18.3 Å². The van der Waals surface area contributed by atoms with E-state index in [2.05, 4.69) is 29.1 Å². The Balaban J connectivity index is 2.06. The molecule has 20 heavy (non-hydrogen) atoms. The first-order chi connectivity index (χ1) is 9.58. The van der Waals surface area contributed by atoms with Gasteiger partial charge in [-0.25, -0.2) is 0 Å². The number of ether oxygens (including phenoxy) is 1. The molecule has 0 aliphatic carbocycles. The van der Waals surface area contributed by atoms with Gasteiger partial charge in [0.15, 0.2) is 5.75 Å². The molecule has 2 aromatic heterocycles. The van der Waals surface area contributed by atoms with Gasteiger partial charge in [-0.1, -0.05) is 20.8 Å². The van der Waals surface area contributed by atoms with Crippen molar-refractivity contribution in [2.45, 2.75) is 46.7 Å². The summed E-state index contributed by atoms with van der Waals surface area (Å²) in [6, 6.07) is 4.22. The number of rotatable bonds is 6. The molecule has 0 aliphatic rings. The molecule has 0 aliphatic heterocycles. The van der Waals surface area contributed by atoms with Gasteiger partial charge >= 0.3 is 6.08 Å². The van der Waals surface area contributed by atoms with Crippen LogP contribution in [0.2, 0.25) is 0 Å². The normalized spacial score (nSPS) is 11.1. The highest BCUT2D eigenvalue weighted by Gasteiger charge is 2.10. The Labute approximate surface area is 119 Å². The second-order valence-corrected chi connectivity index (χ2v) is 4.99. The maximum absolute atomic E-state index is 5.67. The summed E-state index contributed by atoms with van der Waals surface area (Å²) in [7, 11) is 0. The Kier molecular flexibility index (Phi) is 4.74. The van der Waals surface area contributed by atoms with Gasteiger partial charge in [-0.15, -0.1) is 0 Å². The first-order valence-corrected chi connectivity index (χ1v) is 6.90. The predicted octanol–water partition coefficient (Wildman–Crippen LogP) is 3.23. The van der Waals surface area contributed by atoms with Crippen LogP contribution >= 0.6 is 0 Å². The lowest BCUT2D eigenvalue weighted by molar-refractivity contribution is 0.327. The number of pyridine rings is 1. The van der Waals surface area contributed by atoms with Crippen molar-refractivity contribution in [3.05, 3.63) is 35.5 Å². The van der Waals surface area contributed by atoms with Crippen LogP contribution in [0.3, 0.4) is 0 Å².